The van der Waals surface area contributed by atoms with E-state index in [2.05, 4.69) is 26.8 Å². The van der Waals surface area contributed by atoms with E-state index in [1.807, 2.05) is 20.8 Å². The molecule has 6 aliphatic rings. The van der Waals surface area contributed by atoms with Crippen LogP contribution in [-0.4, -0.2) is 122 Å². The normalized spacial score (nSPS) is 37.8. The van der Waals surface area contributed by atoms with Gasteiger partial charge in [-0.05, 0) is 86.4 Å². The third kappa shape index (κ3) is 11.8. The second-order valence-electron chi connectivity index (χ2n) is 23.8. The third-order valence-corrected chi connectivity index (χ3v) is 18.1. The van der Waals surface area contributed by atoms with E-state index in [1.165, 1.54) is 34.6 Å². The summed E-state index contributed by atoms with van der Waals surface area (Å²) in [5.41, 5.74) is -4.46. The minimum absolute atomic E-state index is 0.0210. The molecular formula is C56H78O21. The average Bonchev–Trinajstić information content (AvgIpc) is 3.28. The standard InChI is InChI=1S/C56H78O21/c1-28(69-31(4)59)24-42(65)76-48-43-37-16-17-41-52(12)25-38(70-32(5)60)47(74-36(9)64)53(13,27-68-30(3)58)40(52)18-19-55(41,15)54(37,14)21-23-56(43,22-20-51(48,10)11)50(66)77-49-46(73-35(8)63)45(72-34(7)62)44(71-33(6)61)39(75-49)26-67-29(2)57/h16,24,38-41,43-49H,17-23,25-27H2,1-15H3. The van der Waals surface area contributed by atoms with Crippen molar-refractivity contribution in [1.29, 1.82) is 0 Å². The summed E-state index contributed by atoms with van der Waals surface area (Å²) in [7, 11) is 0. The lowest BCUT2D eigenvalue weighted by Gasteiger charge is -2.72. The van der Waals surface area contributed by atoms with Crippen LogP contribution in [0.15, 0.2) is 23.5 Å². The number of hydrogen-bond donors (Lipinski definition) is 0. The summed E-state index contributed by atoms with van der Waals surface area (Å²) in [4.78, 5) is 130. The zero-order chi connectivity index (χ0) is 57.5. The number of carbonyl (C=O) groups is 10. The number of esters is 10. The van der Waals surface area contributed by atoms with Gasteiger partial charge in [0.2, 0.25) is 12.4 Å². The van der Waals surface area contributed by atoms with Crippen molar-refractivity contribution >= 4 is 59.7 Å². The molecule has 0 aromatic heterocycles. The third-order valence-electron chi connectivity index (χ3n) is 18.1. The Balaban J connectivity index is 1.52. The summed E-state index contributed by atoms with van der Waals surface area (Å²) in [5.74, 6) is -8.64. The molecule has 1 aliphatic heterocycles. The summed E-state index contributed by atoms with van der Waals surface area (Å²) >= 11 is 0. The second-order valence-corrected chi connectivity index (χ2v) is 23.8. The van der Waals surface area contributed by atoms with Gasteiger partial charge in [0.1, 0.15) is 43.4 Å². The van der Waals surface area contributed by atoms with Crippen molar-refractivity contribution in [2.45, 2.75) is 204 Å². The van der Waals surface area contributed by atoms with Crippen LogP contribution in [0.25, 0.3) is 0 Å². The van der Waals surface area contributed by atoms with Crippen LogP contribution < -0.4 is 0 Å². The molecule has 5 fully saturated rings. The Kier molecular flexibility index (Phi) is 17.6. The van der Waals surface area contributed by atoms with Crippen molar-refractivity contribution in [1.82, 2.24) is 0 Å². The van der Waals surface area contributed by atoms with E-state index < -0.39 is 154 Å². The molecule has 0 aromatic rings. The Morgan fingerprint density at radius 2 is 1.16 bits per heavy atom. The van der Waals surface area contributed by atoms with E-state index in [1.54, 1.807) is 0 Å². The fourth-order valence-corrected chi connectivity index (χ4v) is 14.9. The minimum atomic E-state index is -1.84. The van der Waals surface area contributed by atoms with Gasteiger partial charge >= 0.3 is 59.7 Å². The topological polar surface area (TPSA) is 272 Å². The Morgan fingerprint density at radius 1 is 0.584 bits per heavy atom. The number of hydrogen-bond acceptors (Lipinski definition) is 21. The molecule has 0 N–H and O–H groups in total. The first-order valence-corrected chi connectivity index (χ1v) is 26.4. The molecule has 0 spiro atoms. The number of ether oxygens (including phenoxy) is 11. The smallest absolute Gasteiger partial charge is 0.334 e. The van der Waals surface area contributed by atoms with Crippen LogP contribution >= 0.6 is 0 Å². The summed E-state index contributed by atoms with van der Waals surface area (Å²) in [5, 5.41) is 0. The largest absolute Gasteiger partial charge is 0.465 e. The first-order chi connectivity index (χ1) is 35.6. The van der Waals surface area contributed by atoms with Crippen molar-refractivity contribution in [2.24, 2.45) is 50.2 Å². The number of allylic oxidation sites excluding steroid dienone is 2. The first-order valence-electron chi connectivity index (χ1n) is 26.4. The van der Waals surface area contributed by atoms with Crippen molar-refractivity contribution in [3.05, 3.63) is 23.5 Å². The lowest BCUT2D eigenvalue weighted by Crippen LogP contribution is -2.70. The Bertz CT molecular complexity index is 2460. The van der Waals surface area contributed by atoms with Gasteiger partial charge in [-0.1, -0.05) is 53.2 Å². The summed E-state index contributed by atoms with van der Waals surface area (Å²) in [6.45, 7) is 22.6. The molecule has 0 bridgehead atoms. The fourth-order valence-electron chi connectivity index (χ4n) is 14.9. The molecule has 6 rings (SSSR count). The van der Waals surface area contributed by atoms with Crippen LogP contribution in [0.1, 0.15) is 155 Å². The second kappa shape index (κ2) is 22.5. The molecule has 428 valence electrons. The van der Waals surface area contributed by atoms with E-state index in [0.717, 1.165) is 39.3 Å². The van der Waals surface area contributed by atoms with Crippen molar-refractivity contribution in [3.8, 4) is 0 Å². The Hall–Kier alpha value is -5.86. The van der Waals surface area contributed by atoms with Crippen LogP contribution in [-0.2, 0) is 100 Å². The van der Waals surface area contributed by atoms with Crippen LogP contribution in [0, 0.1) is 50.2 Å². The van der Waals surface area contributed by atoms with Gasteiger partial charge in [0, 0.05) is 72.1 Å². The van der Waals surface area contributed by atoms with Gasteiger partial charge in [-0.3, -0.25) is 43.2 Å². The Morgan fingerprint density at radius 3 is 1.73 bits per heavy atom. The molecule has 0 amide bonds. The van der Waals surface area contributed by atoms with Crippen LogP contribution in [0.5, 0.6) is 0 Å². The average molecular weight is 1090 g/mol. The van der Waals surface area contributed by atoms with Gasteiger partial charge in [0.15, 0.2) is 12.2 Å². The molecular weight excluding hydrogens is 1010 g/mol. The van der Waals surface area contributed by atoms with Gasteiger partial charge in [-0.2, -0.15) is 0 Å². The molecule has 16 unspecified atom stereocenters. The van der Waals surface area contributed by atoms with Crippen LogP contribution in [0.3, 0.4) is 0 Å². The number of carbonyl (C=O) groups excluding carboxylic acids is 10. The number of rotatable bonds is 14. The predicted octanol–water partition coefficient (Wildman–Crippen LogP) is 6.42. The highest BCUT2D eigenvalue weighted by molar-refractivity contribution is 5.84. The van der Waals surface area contributed by atoms with E-state index in [4.69, 9.17) is 52.1 Å². The SMILES string of the molecule is CC(=O)OCC1OC(OC(=O)C23CCC(C)(C)C(OC(=O)C=C(C)OC(C)=O)C2C2=CCC4C5(C)CC(OC(C)=O)C(OC(C)=O)C(C)(COC(C)=O)C5CCC4(C)C2(C)CC3)C(OC(C)=O)C(OC(C)=O)C1OC(C)=O. The van der Waals surface area contributed by atoms with E-state index >= 15 is 4.79 Å². The van der Waals surface area contributed by atoms with Gasteiger partial charge in [-0.15, -0.1) is 0 Å². The molecule has 0 aromatic carbocycles. The molecule has 21 nitrogen and oxygen atoms in total. The zero-order valence-electron chi connectivity index (χ0n) is 47.1. The molecule has 77 heavy (non-hydrogen) atoms. The molecule has 16 atom stereocenters. The summed E-state index contributed by atoms with van der Waals surface area (Å²) in [6.07, 6.45) is -4.80. The van der Waals surface area contributed by atoms with Crippen LogP contribution in [0.2, 0.25) is 0 Å². The Labute approximate surface area is 449 Å². The van der Waals surface area contributed by atoms with Crippen molar-refractivity contribution < 1.29 is 100 Å². The number of fused-ring (bicyclic) bond motifs is 7. The molecule has 5 aliphatic carbocycles. The lowest BCUT2D eigenvalue weighted by molar-refractivity contribution is -0.305. The highest BCUT2D eigenvalue weighted by atomic mass is 16.7. The minimum Gasteiger partial charge on any atom is -0.465 e. The van der Waals surface area contributed by atoms with E-state index in [0.29, 0.717) is 38.5 Å². The predicted molar refractivity (Wildman–Crippen MR) is 265 cm³/mol. The highest BCUT2D eigenvalue weighted by Crippen LogP contribution is 2.76. The van der Waals surface area contributed by atoms with E-state index in [-0.39, 0.29) is 37.0 Å². The quantitative estimate of drug-likeness (QED) is 0.0596. The fraction of sp³-hybridized carbons (Fsp3) is 0.750. The highest BCUT2D eigenvalue weighted by Gasteiger charge is 2.73. The molecule has 0 radical (unpaired) electrons. The molecule has 1 heterocycles. The van der Waals surface area contributed by atoms with E-state index in [9.17, 15) is 43.2 Å². The maximum absolute atomic E-state index is 15.9. The van der Waals surface area contributed by atoms with Crippen LogP contribution in [0.4, 0.5) is 0 Å². The summed E-state index contributed by atoms with van der Waals surface area (Å²) in [6, 6.07) is 0. The monoisotopic (exact) mass is 1090 g/mol. The summed E-state index contributed by atoms with van der Waals surface area (Å²) < 4.78 is 64.6. The molecule has 21 heteroatoms. The van der Waals surface area contributed by atoms with Crippen molar-refractivity contribution in [3.63, 3.8) is 0 Å². The maximum Gasteiger partial charge on any atom is 0.334 e. The van der Waals surface area contributed by atoms with Gasteiger partial charge in [0.25, 0.3) is 0 Å². The maximum atomic E-state index is 15.9. The molecule has 4 saturated carbocycles. The van der Waals surface area contributed by atoms with Gasteiger partial charge in [0.05, 0.1) is 11.5 Å². The first kappa shape index (κ1) is 60.4. The molecule has 1 saturated heterocycles. The van der Waals surface area contributed by atoms with Crippen molar-refractivity contribution in [2.75, 3.05) is 13.2 Å². The lowest BCUT2D eigenvalue weighted by atomic mass is 9.33. The zero-order valence-corrected chi connectivity index (χ0v) is 47.1. The van der Waals surface area contributed by atoms with Gasteiger partial charge in [-0.25, -0.2) is 4.79 Å². The van der Waals surface area contributed by atoms with Gasteiger partial charge < -0.3 is 52.1 Å².